The number of fused-ring (bicyclic) bond motifs is 1. The fourth-order valence-corrected chi connectivity index (χ4v) is 7.41. The lowest BCUT2D eigenvalue weighted by molar-refractivity contribution is -0.154. The lowest BCUT2D eigenvalue weighted by atomic mass is 10.0. The van der Waals surface area contributed by atoms with Crippen LogP contribution in [-0.2, 0) is 38.1 Å². The molecule has 56 heavy (non-hydrogen) atoms. The number of methoxy groups -OCH3 is 2. The first-order chi connectivity index (χ1) is 26.8. The second-order valence-electron chi connectivity index (χ2n) is 14.4. The Labute approximate surface area is 324 Å². The van der Waals surface area contributed by atoms with Crippen LogP contribution in [0.4, 0.5) is 9.59 Å². The van der Waals surface area contributed by atoms with Crippen molar-refractivity contribution in [1.82, 2.24) is 20.4 Å². The van der Waals surface area contributed by atoms with E-state index in [9.17, 15) is 38.4 Å². The lowest BCUT2D eigenvalue weighted by Crippen LogP contribution is -2.54. The van der Waals surface area contributed by atoms with Crippen molar-refractivity contribution in [1.29, 1.82) is 0 Å². The molecular weight excluding hydrogens is 728 g/mol. The number of ketones is 2. The molecule has 0 aromatic heterocycles. The van der Waals surface area contributed by atoms with Gasteiger partial charge in [0.2, 0.25) is 11.8 Å². The van der Waals surface area contributed by atoms with Crippen LogP contribution in [-0.4, -0.2) is 121 Å². The van der Waals surface area contributed by atoms with Crippen molar-refractivity contribution in [3.63, 3.8) is 0 Å². The maximum Gasteiger partial charge on any atom is 0.407 e. The molecule has 3 aliphatic heterocycles. The highest BCUT2D eigenvalue weighted by Crippen LogP contribution is 2.32. The largest absolute Gasteiger partial charge is 0.456 e. The van der Waals surface area contributed by atoms with Gasteiger partial charge in [0.1, 0.15) is 24.2 Å². The third-order valence-corrected chi connectivity index (χ3v) is 10.5. The van der Waals surface area contributed by atoms with E-state index in [-0.39, 0.29) is 17.9 Å². The van der Waals surface area contributed by atoms with Gasteiger partial charge in [-0.15, -0.1) is 0 Å². The molecule has 5 atom stereocenters. The molecule has 3 fully saturated rings. The number of ether oxygens (including phenoxy) is 4. The summed E-state index contributed by atoms with van der Waals surface area (Å²) in [6, 6.07) is 9.70. The zero-order chi connectivity index (χ0) is 40.5. The predicted molar refractivity (Wildman–Crippen MR) is 198 cm³/mol. The molecule has 300 valence electrons. The molecule has 0 radical (unpaired) electrons. The number of rotatable bonds is 13. The number of Topliss-reactive ketones (excluding diaryl/α,β-unsaturated/α-hetero) is 2. The average molecular weight is 777 g/mol. The van der Waals surface area contributed by atoms with Crippen LogP contribution in [0.15, 0.2) is 48.5 Å². The van der Waals surface area contributed by atoms with Gasteiger partial charge in [-0.1, -0.05) is 62.4 Å². The number of benzene rings is 2. The zero-order valence-corrected chi connectivity index (χ0v) is 31.9. The minimum Gasteiger partial charge on any atom is -0.456 e. The van der Waals surface area contributed by atoms with E-state index in [1.54, 1.807) is 62.4 Å². The van der Waals surface area contributed by atoms with Crippen molar-refractivity contribution in [2.24, 2.45) is 5.92 Å². The van der Waals surface area contributed by atoms with Crippen LogP contribution in [0.25, 0.3) is 11.1 Å². The number of carbonyl (C=O) groups is 8. The molecule has 0 aliphatic carbocycles. The van der Waals surface area contributed by atoms with E-state index >= 15 is 0 Å². The Morgan fingerprint density at radius 1 is 0.696 bits per heavy atom. The van der Waals surface area contributed by atoms with Crippen molar-refractivity contribution in [2.45, 2.75) is 89.0 Å². The van der Waals surface area contributed by atoms with E-state index in [1.165, 1.54) is 24.0 Å². The maximum absolute atomic E-state index is 13.3. The van der Waals surface area contributed by atoms with Gasteiger partial charge < -0.3 is 39.4 Å². The SMILES string of the molecule is COC(=O)N[C@H]1CCC[C@H]2CC[C@@H](C(=O)OCC(=O)c3ccc(-c4ccc(C(=O)COC(=O)[C@@H]5CCCN5C(=O)[C@@H](NC(=O)OC)C(C)C)cc4)cc3)N2C1=O. The van der Waals surface area contributed by atoms with Gasteiger partial charge in [0.25, 0.3) is 0 Å². The normalized spacial score (nSPS) is 21.0. The van der Waals surface area contributed by atoms with Gasteiger partial charge >= 0.3 is 24.1 Å². The number of likely N-dealkylation sites (tertiary alicyclic amines) is 1. The standard InChI is InChI=1S/C40H48N4O12/c1-23(2)34(42-40(52)54-4)36(48)43-20-6-9-30(43)37(49)55-21-32(45)26-14-10-24(11-15-26)25-12-16-27(17-13-25)33(46)22-56-38(50)31-19-18-28-7-5-8-29(35(47)44(28)31)41-39(51)53-3/h10-17,23,28-31,34H,5-9,18-22H2,1-4H3,(H,41,51)(H,42,52)/t28-,29-,30-,31-,34-/m0/s1. The van der Waals surface area contributed by atoms with E-state index in [4.69, 9.17) is 9.47 Å². The van der Waals surface area contributed by atoms with Gasteiger partial charge in [0.15, 0.2) is 24.8 Å². The van der Waals surface area contributed by atoms with Crippen molar-refractivity contribution >= 4 is 47.5 Å². The highest BCUT2D eigenvalue weighted by Gasteiger charge is 2.46. The summed E-state index contributed by atoms with van der Waals surface area (Å²) in [6.07, 6.45) is 2.30. The van der Waals surface area contributed by atoms with Crippen LogP contribution in [0.3, 0.4) is 0 Å². The van der Waals surface area contributed by atoms with Crippen molar-refractivity contribution in [2.75, 3.05) is 34.0 Å². The molecule has 4 amide bonds. The molecule has 3 aliphatic rings. The van der Waals surface area contributed by atoms with E-state index in [1.807, 2.05) is 0 Å². The zero-order valence-electron chi connectivity index (χ0n) is 31.9. The highest BCUT2D eigenvalue weighted by atomic mass is 16.6. The fourth-order valence-electron chi connectivity index (χ4n) is 7.41. The first kappa shape index (κ1) is 41.4. The fraction of sp³-hybridized carbons (Fsp3) is 0.500. The summed E-state index contributed by atoms with van der Waals surface area (Å²) < 4.78 is 20.0. The van der Waals surface area contributed by atoms with Crippen LogP contribution in [0.2, 0.25) is 0 Å². The Hall–Kier alpha value is -5.80. The van der Waals surface area contributed by atoms with Crippen LogP contribution < -0.4 is 10.6 Å². The Morgan fingerprint density at radius 2 is 1.25 bits per heavy atom. The predicted octanol–water partition coefficient (Wildman–Crippen LogP) is 3.45. The van der Waals surface area contributed by atoms with Crippen LogP contribution >= 0.6 is 0 Å². The second-order valence-corrected chi connectivity index (χ2v) is 14.4. The Bertz CT molecular complexity index is 1810. The van der Waals surface area contributed by atoms with E-state index < -0.39 is 79.0 Å². The number of nitrogens with one attached hydrogen (secondary N) is 2. The summed E-state index contributed by atoms with van der Waals surface area (Å²) in [5.41, 5.74) is 2.13. The number of nitrogens with zero attached hydrogens (tertiary/aromatic N) is 2. The molecular formula is C40H48N4O12. The van der Waals surface area contributed by atoms with E-state index in [0.717, 1.165) is 11.1 Å². The van der Waals surface area contributed by atoms with Crippen LogP contribution in [0.5, 0.6) is 0 Å². The van der Waals surface area contributed by atoms with E-state index in [0.29, 0.717) is 62.6 Å². The van der Waals surface area contributed by atoms with E-state index in [2.05, 4.69) is 20.1 Å². The summed E-state index contributed by atoms with van der Waals surface area (Å²) in [4.78, 5) is 105. The first-order valence-electron chi connectivity index (χ1n) is 18.7. The number of hydrogen-bond donors (Lipinski definition) is 2. The van der Waals surface area contributed by atoms with Crippen molar-refractivity contribution in [3.8, 4) is 11.1 Å². The number of amides is 4. The third kappa shape index (κ3) is 9.70. The van der Waals surface area contributed by atoms with Crippen LogP contribution in [0.1, 0.15) is 79.5 Å². The smallest absolute Gasteiger partial charge is 0.407 e. The third-order valence-electron chi connectivity index (χ3n) is 10.5. The number of carbonyl (C=O) groups excluding carboxylic acids is 8. The van der Waals surface area contributed by atoms with Crippen molar-refractivity contribution in [3.05, 3.63) is 59.7 Å². The summed E-state index contributed by atoms with van der Waals surface area (Å²) in [5.74, 6) is -3.29. The number of alkyl carbamates (subject to hydrolysis) is 2. The van der Waals surface area contributed by atoms with Gasteiger partial charge in [-0.25, -0.2) is 19.2 Å². The molecule has 0 bridgehead atoms. The molecule has 3 heterocycles. The summed E-state index contributed by atoms with van der Waals surface area (Å²) in [7, 11) is 2.41. The number of esters is 2. The second kappa shape index (κ2) is 18.7. The Kier molecular flexibility index (Phi) is 13.8. The monoisotopic (exact) mass is 776 g/mol. The molecule has 5 rings (SSSR count). The molecule has 16 nitrogen and oxygen atoms in total. The molecule has 0 spiro atoms. The minimum absolute atomic E-state index is 0.146. The minimum atomic E-state index is -0.893. The first-order valence-corrected chi connectivity index (χ1v) is 18.7. The molecule has 3 saturated heterocycles. The number of hydrogen-bond acceptors (Lipinski definition) is 12. The van der Waals surface area contributed by atoms with Gasteiger partial charge in [0.05, 0.1) is 14.2 Å². The topological polar surface area (TPSA) is 204 Å². The summed E-state index contributed by atoms with van der Waals surface area (Å²) >= 11 is 0. The van der Waals surface area contributed by atoms with Gasteiger partial charge in [-0.3, -0.25) is 19.2 Å². The summed E-state index contributed by atoms with van der Waals surface area (Å²) in [6.45, 7) is 2.82. The van der Waals surface area contributed by atoms with Crippen molar-refractivity contribution < 1.29 is 57.3 Å². The molecule has 2 aromatic carbocycles. The lowest BCUT2D eigenvalue weighted by Gasteiger charge is -2.29. The molecule has 2 aromatic rings. The quantitative estimate of drug-likeness (QED) is 0.171. The maximum atomic E-state index is 13.3. The molecule has 0 unspecified atom stereocenters. The van der Waals surface area contributed by atoms with Gasteiger partial charge in [0, 0.05) is 23.7 Å². The summed E-state index contributed by atoms with van der Waals surface area (Å²) in [5, 5.41) is 5.07. The highest BCUT2D eigenvalue weighted by molar-refractivity contribution is 6.00. The Morgan fingerprint density at radius 3 is 1.79 bits per heavy atom. The van der Waals surface area contributed by atoms with Crippen LogP contribution in [0, 0.1) is 5.92 Å². The average Bonchev–Trinajstić information content (AvgIpc) is 3.85. The molecule has 2 N–H and O–H groups in total. The molecule has 16 heteroatoms. The Balaban J connectivity index is 1.11. The molecule has 0 saturated carbocycles. The van der Waals surface area contributed by atoms with Gasteiger partial charge in [-0.05, 0) is 62.0 Å². The van der Waals surface area contributed by atoms with Gasteiger partial charge in [-0.2, -0.15) is 0 Å².